The second-order valence-corrected chi connectivity index (χ2v) is 7.00. The summed E-state index contributed by atoms with van der Waals surface area (Å²) >= 11 is 0. The molecule has 30 heavy (non-hydrogen) atoms. The zero-order valence-electron chi connectivity index (χ0n) is 17.7. The minimum atomic E-state index is -0.328. The smallest absolute Gasteiger partial charge is 0.251 e. The van der Waals surface area contributed by atoms with Gasteiger partial charge >= 0.3 is 0 Å². The van der Waals surface area contributed by atoms with Gasteiger partial charge < -0.3 is 20.7 Å². The molecule has 0 aliphatic rings. The number of nitrogens with one attached hydrogen (secondary N) is 3. The average Bonchev–Trinajstić information content (AvgIpc) is 2.72. The van der Waals surface area contributed by atoms with E-state index in [1.54, 1.807) is 42.5 Å². The Morgan fingerprint density at radius 3 is 2.47 bits per heavy atom. The summed E-state index contributed by atoms with van der Waals surface area (Å²) in [6.07, 6.45) is 2.04. The lowest BCUT2D eigenvalue weighted by Gasteiger charge is -2.16. The Labute approximate surface area is 177 Å². The maximum atomic E-state index is 12.3. The molecule has 160 valence electrons. The van der Waals surface area contributed by atoms with E-state index < -0.39 is 0 Å². The number of amides is 3. The molecule has 0 saturated carbocycles. The zero-order valence-corrected chi connectivity index (χ0v) is 17.7. The third-order valence-electron chi connectivity index (χ3n) is 4.38. The average molecular weight is 412 g/mol. The van der Waals surface area contributed by atoms with Gasteiger partial charge in [0.1, 0.15) is 5.75 Å². The molecule has 0 heterocycles. The Morgan fingerprint density at radius 2 is 1.80 bits per heavy atom. The minimum absolute atomic E-state index is 0.136. The maximum absolute atomic E-state index is 12.3. The highest BCUT2D eigenvalue weighted by Crippen LogP contribution is 2.17. The molecule has 0 spiro atoms. The van der Waals surface area contributed by atoms with Gasteiger partial charge in [0.15, 0.2) is 0 Å². The molecular weight excluding hydrogens is 382 g/mol. The zero-order chi connectivity index (χ0) is 21.9. The number of carbonyl (C=O) groups excluding carboxylic acids is 3. The molecule has 0 saturated heterocycles. The molecule has 0 bridgehead atoms. The Kier molecular flexibility index (Phi) is 8.87. The number of carbonyl (C=O) groups is 3. The van der Waals surface area contributed by atoms with Crippen molar-refractivity contribution in [1.29, 1.82) is 0 Å². The van der Waals surface area contributed by atoms with Crippen LogP contribution < -0.4 is 20.7 Å². The summed E-state index contributed by atoms with van der Waals surface area (Å²) in [5.74, 6) is -0.0777. The summed E-state index contributed by atoms with van der Waals surface area (Å²) in [7, 11) is 0. The van der Waals surface area contributed by atoms with Gasteiger partial charge in [-0.05, 0) is 55.3 Å². The lowest BCUT2D eigenvalue weighted by atomic mass is 10.1. The molecule has 0 aliphatic carbocycles. The molecule has 2 aromatic rings. The molecule has 3 N–H and O–H groups in total. The van der Waals surface area contributed by atoms with Crippen molar-refractivity contribution in [2.45, 2.75) is 39.7 Å². The lowest BCUT2D eigenvalue weighted by Crippen LogP contribution is -2.38. The standard InChI is InChI=1S/C23H29N3O4/c1-4-5-13-30-21-11-9-18(10-12-21)23(29)24-15-22(28)25-16(2)19-7-6-8-20(14-19)26-17(3)27/h6-12,14,16H,4-5,13,15H2,1-3H3,(H,24,29)(H,25,28)(H,26,27). The first-order chi connectivity index (χ1) is 14.4. The van der Waals surface area contributed by atoms with E-state index in [9.17, 15) is 14.4 Å². The van der Waals surface area contributed by atoms with Crippen molar-refractivity contribution in [1.82, 2.24) is 10.6 Å². The van der Waals surface area contributed by atoms with Crippen LogP contribution >= 0.6 is 0 Å². The molecule has 1 unspecified atom stereocenters. The fourth-order valence-electron chi connectivity index (χ4n) is 2.76. The van der Waals surface area contributed by atoms with Gasteiger partial charge in [0.25, 0.3) is 5.91 Å². The number of benzene rings is 2. The van der Waals surface area contributed by atoms with Crippen molar-refractivity contribution in [3.05, 3.63) is 59.7 Å². The SMILES string of the molecule is CCCCOc1ccc(C(=O)NCC(=O)NC(C)c2cccc(NC(C)=O)c2)cc1. The van der Waals surface area contributed by atoms with E-state index in [0.717, 1.165) is 18.4 Å². The van der Waals surface area contributed by atoms with Gasteiger partial charge in [-0.3, -0.25) is 14.4 Å². The molecular formula is C23H29N3O4. The van der Waals surface area contributed by atoms with Crippen LogP contribution in [0.25, 0.3) is 0 Å². The highest BCUT2D eigenvalue weighted by molar-refractivity contribution is 5.96. The van der Waals surface area contributed by atoms with Crippen molar-refractivity contribution in [2.75, 3.05) is 18.5 Å². The van der Waals surface area contributed by atoms with Crippen molar-refractivity contribution in [3.8, 4) is 5.75 Å². The first kappa shape index (κ1) is 22.9. The maximum Gasteiger partial charge on any atom is 0.251 e. The Bertz CT molecular complexity index is 865. The van der Waals surface area contributed by atoms with Crippen LogP contribution in [-0.2, 0) is 9.59 Å². The van der Waals surface area contributed by atoms with Crippen LogP contribution in [0.15, 0.2) is 48.5 Å². The first-order valence-electron chi connectivity index (χ1n) is 10.1. The monoisotopic (exact) mass is 411 g/mol. The van der Waals surface area contributed by atoms with Crippen LogP contribution in [0.4, 0.5) is 5.69 Å². The van der Waals surface area contributed by atoms with Crippen LogP contribution in [0, 0.1) is 0 Å². The van der Waals surface area contributed by atoms with Gasteiger partial charge in [-0.1, -0.05) is 25.5 Å². The summed E-state index contributed by atoms with van der Waals surface area (Å²) in [5, 5.41) is 8.16. The quantitative estimate of drug-likeness (QED) is 0.522. The van der Waals surface area contributed by atoms with Gasteiger partial charge in [0, 0.05) is 18.2 Å². The van der Waals surface area contributed by atoms with Gasteiger partial charge in [-0.25, -0.2) is 0 Å². The molecule has 2 rings (SSSR count). The van der Waals surface area contributed by atoms with Crippen molar-refractivity contribution < 1.29 is 19.1 Å². The van der Waals surface area contributed by atoms with Crippen LogP contribution in [-0.4, -0.2) is 30.9 Å². The molecule has 0 aliphatic heterocycles. The third kappa shape index (κ3) is 7.58. The topological polar surface area (TPSA) is 96.5 Å². The summed E-state index contributed by atoms with van der Waals surface area (Å²) in [5.41, 5.74) is 1.97. The van der Waals surface area contributed by atoms with Gasteiger partial charge in [-0.2, -0.15) is 0 Å². The second kappa shape index (κ2) is 11.6. The Hall–Kier alpha value is -3.35. The van der Waals surface area contributed by atoms with Crippen molar-refractivity contribution in [3.63, 3.8) is 0 Å². The summed E-state index contributed by atoms with van der Waals surface area (Å²) in [4.78, 5) is 35.6. The number of unbranched alkanes of at least 4 members (excludes halogenated alkanes) is 1. The molecule has 7 nitrogen and oxygen atoms in total. The summed E-state index contributed by atoms with van der Waals surface area (Å²) < 4.78 is 5.58. The van der Waals surface area contributed by atoms with Crippen molar-refractivity contribution in [2.24, 2.45) is 0 Å². The largest absolute Gasteiger partial charge is 0.494 e. The number of ether oxygens (including phenoxy) is 1. The molecule has 0 fully saturated rings. The fraction of sp³-hybridized carbons (Fsp3) is 0.348. The highest BCUT2D eigenvalue weighted by atomic mass is 16.5. The molecule has 1 atom stereocenters. The summed E-state index contributed by atoms with van der Waals surface area (Å²) in [6, 6.07) is 13.8. The van der Waals surface area contributed by atoms with Gasteiger partial charge in [-0.15, -0.1) is 0 Å². The van der Waals surface area contributed by atoms with Crippen LogP contribution in [0.1, 0.15) is 55.6 Å². The van der Waals surface area contributed by atoms with Crippen LogP contribution in [0.3, 0.4) is 0 Å². The first-order valence-corrected chi connectivity index (χ1v) is 10.1. The fourth-order valence-corrected chi connectivity index (χ4v) is 2.76. The second-order valence-electron chi connectivity index (χ2n) is 7.00. The highest BCUT2D eigenvalue weighted by Gasteiger charge is 2.12. The number of anilines is 1. The van der Waals surface area contributed by atoms with E-state index in [0.29, 0.717) is 23.6 Å². The van der Waals surface area contributed by atoms with E-state index in [-0.39, 0.29) is 30.3 Å². The van der Waals surface area contributed by atoms with Crippen molar-refractivity contribution >= 4 is 23.4 Å². The predicted molar refractivity (Wildman–Crippen MR) is 116 cm³/mol. The van der Waals surface area contributed by atoms with E-state index in [4.69, 9.17) is 4.74 Å². The number of hydrogen-bond acceptors (Lipinski definition) is 4. The minimum Gasteiger partial charge on any atom is -0.494 e. The predicted octanol–water partition coefficient (Wildman–Crippen LogP) is 3.43. The van der Waals surface area contributed by atoms with Crippen LogP contribution in [0.2, 0.25) is 0 Å². The Morgan fingerprint density at radius 1 is 1.07 bits per heavy atom. The molecule has 2 aromatic carbocycles. The van der Waals surface area contributed by atoms with E-state index in [1.807, 2.05) is 13.0 Å². The lowest BCUT2D eigenvalue weighted by molar-refractivity contribution is -0.120. The summed E-state index contributed by atoms with van der Waals surface area (Å²) in [6.45, 7) is 5.88. The third-order valence-corrected chi connectivity index (χ3v) is 4.38. The number of rotatable bonds is 10. The van der Waals surface area contributed by atoms with Gasteiger partial charge in [0.05, 0.1) is 19.2 Å². The van der Waals surface area contributed by atoms with Crippen LogP contribution in [0.5, 0.6) is 5.75 Å². The molecule has 3 amide bonds. The molecule has 7 heteroatoms. The number of hydrogen-bond donors (Lipinski definition) is 3. The van der Waals surface area contributed by atoms with Gasteiger partial charge in [0.2, 0.25) is 11.8 Å². The molecule has 0 radical (unpaired) electrons. The Balaban J connectivity index is 1.82. The van der Waals surface area contributed by atoms with E-state index >= 15 is 0 Å². The normalized spacial score (nSPS) is 11.3. The van der Waals surface area contributed by atoms with E-state index in [1.165, 1.54) is 6.92 Å². The molecule has 0 aromatic heterocycles. The van der Waals surface area contributed by atoms with E-state index in [2.05, 4.69) is 22.9 Å².